The van der Waals surface area contributed by atoms with E-state index in [4.69, 9.17) is 0 Å². The molecule has 0 bridgehead atoms. The van der Waals surface area contributed by atoms with Gasteiger partial charge in [0.05, 0.1) is 0 Å². The van der Waals surface area contributed by atoms with Gasteiger partial charge in [0, 0.05) is 33.3 Å². The van der Waals surface area contributed by atoms with Crippen LogP contribution in [0.25, 0.3) is 33.4 Å². The van der Waals surface area contributed by atoms with E-state index in [9.17, 15) is 0 Å². The molecule has 10 aromatic carbocycles. The quantitative estimate of drug-likeness (QED) is 0.125. The fourth-order valence-corrected chi connectivity index (χ4v) is 13.1. The minimum absolute atomic E-state index is 0.159. The van der Waals surface area contributed by atoms with E-state index in [1.54, 1.807) is 0 Å². The summed E-state index contributed by atoms with van der Waals surface area (Å²) in [6.07, 6.45) is 3.56. The maximum Gasteiger partial charge on any atom is 0.0465 e. The fraction of sp³-hybridized carbons (Fsp3) is 0.130. The Labute approximate surface area is 413 Å². The summed E-state index contributed by atoms with van der Waals surface area (Å²) < 4.78 is 0. The number of rotatable bonds is 11. The van der Waals surface area contributed by atoms with Crippen LogP contribution in [0.4, 0.5) is 17.1 Å². The molecule has 0 saturated carbocycles. The first-order chi connectivity index (χ1) is 34.4. The van der Waals surface area contributed by atoms with Crippen molar-refractivity contribution in [1.82, 2.24) is 0 Å². The molecule has 0 spiro atoms. The number of fused-ring (bicyclic) bond motifs is 9. The van der Waals surface area contributed by atoms with Crippen LogP contribution in [0.3, 0.4) is 0 Å². The van der Waals surface area contributed by atoms with E-state index in [1.165, 1.54) is 94.7 Å². The monoisotopic (exact) mass is 897 g/mol. The molecule has 0 amide bonds. The number of benzene rings is 10. The summed E-state index contributed by atoms with van der Waals surface area (Å²) in [5.74, 6) is 0. The van der Waals surface area contributed by atoms with Gasteiger partial charge >= 0.3 is 0 Å². The molecule has 1 nitrogen and oxygen atoms in total. The zero-order valence-corrected chi connectivity index (χ0v) is 39.9. The lowest BCUT2D eigenvalue weighted by atomic mass is 9.69. The Balaban J connectivity index is 1.05. The van der Waals surface area contributed by atoms with E-state index in [0.29, 0.717) is 0 Å². The third-order valence-corrected chi connectivity index (χ3v) is 16.2. The van der Waals surface area contributed by atoms with Gasteiger partial charge in [-0.05, 0) is 151 Å². The maximum absolute atomic E-state index is 2.58. The second kappa shape index (κ2) is 16.6. The number of anilines is 3. The van der Waals surface area contributed by atoms with Gasteiger partial charge in [-0.3, -0.25) is 0 Å². The average molecular weight is 898 g/mol. The molecular weight excluding hydrogens is 843 g/mol. The summed E-state index contributed by atoms with van der Waals surface area (Å²) in [5, 5.41) is 0. The summed E-state index contributed by atoms with van der Waals surface area (Å²) in [6.45, 7) is 4.79. The van der Waals surface area contributed by atoms with Crippen LogP contribution >= 0.6 is 0 Å². The van der Waals surface area contributed by atoms with Crippen LogP contribution in [0.1, 0.15) is 69.5 Å². The molecule has 0 heterocycles. The van der Waals surface area contributed by atoms with Gasteiger partial charge in [-0.2, -0.15) is 0 Å². The second-order valence-corrected chi connectivity index (χ2v) is 20.6. The predicted octanol–water partition coefficient (Wildman–Crippen LogP) is 17.0. The minimum Gasteiger partial charge on any atom is -0.310 e. The molecule has 336 valence electrons. The molecule has 1 heteroatoms. The molecule has 10 aromatic rings. The number of hydrogen-bond donors (Lipinski definition) is 0. The van der Waals surface area contributed by atoms with Gasteiger partial charge < -0.3 is 4.90 Å². The zero-order valence-electron chi connectivity index (χ0n) is 39.9. The van der Waals surface area contributed by atoms with Gasteiger partial charge in [0.25, 0.3) is 0 Å². The summed E-state index contributed by atoms with van der Waals surface area (Å²) in [6, 6.07) is 94.1. The highest BCUT2D eigenvalue weighted by Crippen LogP contribution is 2.57. The Kier molecular flexibility index (Phi) is 9.99. The highest BCUT2D eigenvalue weighted by Gasteiger charge is 2.46. The smallest absolute Gasteiger partial charge is 0.0465 e. The van der Waals surface area contributed by atoms with Crippen molar-refractivity contribution in [1.29, 1.82) is 0 Å². The lowest BCUT2D eigenvalue weighted by Crippen LogP contribution is -2.31. The van der Waals surface area contributed by atoms with Gasteiger partial charge in [-0.25, -0.2) is 0 Å². The molecule has 0 atom stereocenters. The Morgan fingerprint density at radius 2 is 0.529 bits per heavy atom. The van der Waals surface area contributed by atoms with Crippen molar-refractivity contribution < 1.29 is 0 Å². The minimum atomic E-state index is -0.308. The van der Waals surface area contributed by atoms with Crippen LogP contribution in [-0.4, -0.2) is 0 Å². The number of nitrogens with zero attached hydrogens (tertiary/aromatic N) is 1. The van der Waals surface area contributed by atoms with Crippen molar-refractivity contribution in [3.05, 3.63) is 304 Å². The molecule has 0 aromatic heterocycles. The van der Waals surface area contributed by atoms with Crippen molar-refractivity contribution in [2.24, 2.45) is 0 Å². The predicted molar refractivity (Wildman–Crippen MR) is 292 cm³/mol. The summed E-state index contributed by atoms with van der Waals surface area (Å²) in [5.41, 5.74) is 24.4. The first kappa shape index (κ1) is 42.1. The topological polar surface area (TPSA) is 3.24 Å². The van der Waals surface area contributed by atoms with Gasteiger partial charge in [0.1, 0.15) is 0 Å². The van der Waals surface area contributed by atoms with Crippen molar-refractivity contribution in [3.8, 4) is 33.4 Å². The van der Waals surface area contributed by atoms with E-state index in [1.807, 2.05) is 0 Å². The van der Waals surface area contributed by atoms with E-state index in [0.717, 1.165) is 37.1 Å². The van der Waals surface area contributed by atoms with E-state index < -0.39 is 0 Å². The van der Waals surface area contributed by atoms with Crippen LogP contribution in [0, 0.1) is 0 Å². The Bertz CT molecular complexity index is 3300. The molecule has 0 N–H and O–H groups in total. The highest BCUT2D eigenvalue weighted by molar-refractivity contribution is 5.91. The average Bonchev–Trinajstić information content (AvgIpc) is 3.92. The van der Waals surface area contributed by atoms with Crippen LogP contribution < -0.4 is 4.90 Å². The Morgan fingerprint density at radius 1 is 0.257 bits per heavy atom. The molecular formula is C69H55N. The van der Waals surface area contributed by atoms with Crippen LogP contribution in [0.15, 0.2) is 249 Å². The third-order valence-electron chi connectivity index (χ3n) is 16.2. The van der Waals surface area contributed by atoms with E-state index >= 15 is 0 Å². The molecule has 0 fully saturated rings. The van der Waals surface area contributed by atoms with Gasteiger partial charge in [0.15, 0.2) is 0 Å². The largest absolute Gasteiger partial charge is 0.310 e. The fourth-order valence-electron chi connectivity index (χ4n) is 13.1. The van der Waals surface area contributed by atoms with Crippen LogP contribution in [0.2, 0.25) is 0 Å². The summed E-state index contributed by atoms with van der Waals surface area (Å²) in [7, 11) is 0. The summed E-state index contributed by atoms with van der Waals surface area (Å²) in [4.78, 5) is 2.58. The molecule has 70 heavy (non-hydrogen) atoms. The van der Waals surface area contributed by atoms with Gasteiger partial charge in [-0.15, -0.1) is 0 Å². The normalized spacial score (nSPS) is 14.7. The zero-order chi connectivity index (χ0) is 46.9. The first-order valence-electron chi connectivity index (χ1n) is 25.1. The van der Waals surface area contributed by atoms with Crippen molar-refractivity contribution in [2.45, 2.75) is 55.8 Å². The molecule has 0 saturated heterocycles. The van der Waals surface area contributed by atoms with E-state index in [-0.39, 0.29) is 16.2 Å². The first-order valence-corrected chi connectivity index (χ1v) is 25.1. The molecule has 0 unspecified atom stereocenters. The van der Waals surface area contributed by atoms with Crippen LogP contribution in [0.5, 0.6) is 0 Å². The standard InChI is InChI=1S/C69H55N/c1-67(2)61-32-18-15-29-55(61)58-38-35-52(41-64(58)67)70(53-36-39-59-56-30-16-19-33-62(56)68(65(59)42-53,44-48-21-7-3-8-22-48)45-49-23-9-4-10-24-49)54-37-40-60-57-31-17-20-34-63(57)69(66(60)43-54,46-50-25-11-5-12-26-50)47-51-27-13-6-14-28-51/h3-43H,44-47H2,1-2H3. The summed E-state index contributed by atoms with van der Waals surface area (Å²) >= 11 is 0. The molecule has 3 aliphatic carbocycles. The lowest BCUT2D eigenvalue weighted by Gasteiger charge is -2.35. The SMILES string of the molecule is CC1(C)c2ccccc2-c2ccc(N(c3ccc4c(c3)C(Cc3ccccc3)(Cc3ccccc3)c3ccccc3-4)c3ccc4c(c3)C(Cc3ccccc3)(Cc3ccccc3)c3ccccc3-4)cc21. The van der Waals surface area contributed by atoms with Crippen molar-refractivity contribution in [2.75, 3.05) is 4.90 Å². The Hall–Kier alpha value is -8.00. The molecule has 0 radical (unpaired) electrons. The molecule has 3 aliphatic rings. The Morgan fingerprint density at radius 3 is 0.900 bits per heavy atom. The lowest BCUT2D eigenvalue weighted by molar-refractivity contribution is 0.520. The second-order valence-electron chi connectivity index (χ2n) is 20.6. The van der Waals surface area contributed by atoms with Gasteiger partial charge in [0.2, 0.25) is 0 Å². The van der Waals surface area contributed by atoms with Crippen molar-refractivity contribution >= 4 is 17.1 Å². The van der Waals surface area contributed by atoms with E-state index in [2.05, 4.69) is 267 Å². The highest BCUT2D eigenvalue weighted by atomic mass is 15.1. The number of hydrogen-bond acceptors (Lipinski definition) is 1. The third kappa shape index (κ3) is 6.74. The molecule has 13 rings (SSSR count). The van der Waals surface area contributed by atoms with Gasteiger partial charge in [-0.1, -0.05) is 226 Å². The van der Waals surface area contributed by atoms with Crippen molar-refractivity contribution in [3.63, 3.8) is 0 Å². The molecule has 0 aliphatic heterocycles. The van der Waals surface area contributed by atoms with Crippen LogP contribution in [-0.2, 0) is 41.9 Å². The maximum atomic E-state index is 2.58.